The van der Waals surface area contributed by atoms with Crippen LogP contribution in [0.3, 0.4) is 0 Å². The summed E-state index contributed by atoms with van der Waals surface area (Å²) in [6.07, 6.45) is -5.20. The Labute approximate surface area is 193 Å². The molecule has 1 aromatic heterocycles. The molecule has 1 N–H and O–H groups in total. The van der Waals surface area contributed by atoms with Gasteiger partial charge in [0.15, 0.2) is 12.6 Å². The molecule has 2 aromatic carbocycles. The number of halogens is 5. The van der Waals surface area contributed by atoms with Gasteiger partial charge in [-0.15, -0.1) is 10.2 Å². The van der Waals surface area contributed by atoms with E-state index in [1.807, 2.05) is 0 Å². The second kappa shape index (κ2) is 8.56. The zero-order valence-electron chi connectivity index (χ0n) is 17.2. The molecule has 2 heterocycles. The highest BCUT2D eigenvalue weighted by Crippen LogP contribution is 2.51. The van der Waals surface area contributed by atoms with Gasteiger partial charge in [0.25, 0.3) is 5.91 Å². The predicted octanol–water partition coefficient (Wildman–Crippen LogP) is 3.18. The van der Waals surface area contributed by atoms with Crippen LogP contribution in [0.2, 0.25) is 5.02 Å². The molecule has 9 nitrogen and oxygen atoms in total. The molecule has 3 aromatic rings. The fraction of sp³-hybridized carbons (Fsp3) is 0.250. The fourth-order valence-corrected chi connectivity index (χ4v) is 3.72. The molecule has 0 saturated heterocycles. The van der Waals surface area contributed by atoms with E-state index in [0.29, 0.717) is 17.0 Å². The maximum Gasteiger partial charge on any atom is 0.416 e. The van der Waals surface area contributed by atoms with Gasteiger partial charge in [0.05, 0.1) is 18.4 Å². The minimum Gasteiger partial charge on any atom is -0.496 e. The quantitative estimate of drug-likeness (QED) is 0.409. The van der Waals surface area contributed by atoms with E-state index < -0.39 is 48.1 Å². The number of carbonyl (C=O) groups is 2. The van der Waals surface area contributed by atoms with Crippen LogP contribution in [-0.2, 0) is 32.6 Å². The van der Waals surface area contributed by atoms with Crippen LogP contribution in [0.1, 0.15) is 22.5 Å². The average Bonchev–Trinajstić information content (AvgIpc) is 3.37. The van der Waals surface area contributed by atoms with Gasteiger partial charge in [0.1, 0.15) is 12.2 Å². The van der Waals surface area contributed by atoms with Crippen LogP contribution in [0.15, 0.2) is 36.4 Å². The Balaban J connectivity index is 1.76. The van der Waals surface area contributed by atoms with Crippen molar-refractivity contribution in [2.24, 2.45) is 0 Å². The molecular weight excluding hydrogens is 486 g/mol. The predicted molar refractivity (Wildman–Crippen MR) is 108 cm³/mol. The van der Waals surface area contributed by atoms with E-state index in [-0.39, 0.29) is 27.7 Å². The van der Waals surface area contributed by atoms with Gasteiger partial charge >= 0.3 is 12.1 Å². The van der Waals surface area contributed by atoms with Crippen molar-refractivity contribution in [1.82, 2.24) is 20.6 Å². The van der Waals surface area contributed by atoms with Crippen molar-refractivity contribution in [3.05, 3.63) is 63.9 Å². The number of nitrogens with one attached hydrogen (secondary N) is 1. The molecule has 0 fully saturated rings. The number of esters is 1. The lowest BCUT2D eigenvalue weighted by molar-refractivity contribution is -0.144. The summed E-state index contributed by atoms with van der Waals surface area (Å²) in [5.74, 6) is -2.27. The Morgan fingerprint density at radius 2 is 1.97 bits per heavy atom. The van der Waals surface area contributed by atoms with E-state index in [9.17, 15) is 22.8 Å². The van der Waals surface area contributed by atoms with Crippen LogP contribution in [0, 0.1) is 0 Å². The zero-order chi connectivity index (χ0) is 24.7. The number of amides is 1. The number of hydrogen-bond donors (Lipinski definition) is 1. The number of benzene rings is 2. The number of rotatable bonds is 6. The number of ether oxygens (including phenoxy) is 2. The highest BCUT2D eigenvalue weighted by atomic mass is 35.5. The maximum absolute atomic E-state index is 16.6. The molecule has 0 saturated carbocycles. The molecule has 1 aliphatic heterocycles. The van der Waals surface area contributed by atoms with Gasteiger partial charge in [-0.3, -0.25) is 14.5 Å². The van der Waals surface area contributed by atoms with Gasteiger partial charge in [0.2, 0.25) is 5.67 Å². The molecule has 0 unspecified atom stereocenters. The van der Waals surface area contributed by atoms with Crippen molar-refractivity contribution in [3.63, 3.8) is 0 Å². The Bertz CT molecular complexity index is 1250. The van der Waals surface area contributed by atoms with Crippen LogP contribution < -0.4 is 9.64 Å². The van der Waals surface area contributed by atoms with Crippen molar-refractivity contribution in [3.8, 4) is 5.75 Å². The van der Waals surface area contributed by atoms with Gasteiger partial charge in [0, 0.05) is 16.1 Å². The lowest BCUT2D eigenvalue weighted by atomic mass is 9.88. The number of fused-ring (bicyclic) bond motifs is 1. The number of aromatic amines is 1. The summed E-state index contributed by atoms with van der Waals surface area (Å²) in [5, 5.41) is 12.6. The maximum atomic E-state index is 16.6. The van der Waals surface area contributed by atoms with Crippen molar-refractivity contribution in [2.45, 2.75) is 18.3 Å². The number of methoxy groups -OCH3 is 1. The van der Waals surface area contributed by atoms with Crippen LogP contribution in [-0.4, -0.2) is 46.3 Å². The Morgan fingerprint density at radius 1 is 1.21 bits per heavy atom. The number of aromatic nitrogens is 4. The lowest BCUT2D eigenvalue weighted by Gasteiger charge is -2.23. The zero-order valence-corrected chi connectivity index (χ0v) is 17.9. The summed E-state index contributed by atoms with van der Waals surface area (Å²) in [7, 11) is 1.24. The molecule has 1 amide bonds. The van der Waals surface area contributed by atoms with Gasteiger partial charge in [-0.1, -0.05) is 22.9 Å². The minimum atomic E-state index is -4.77. The molecule has 178 valence electrons. The monoisotopic (exact) mass is 499 g/mol. The van der Waals surface area contributed by atoms with Gasteiger partial charge in [-0.2, -0.15) is 18.4 Å². The lowest BCUT2D eigenvalue weighted by Crippen LogP contribution is -2.40. The van der Waals surface area contributed by atoms with Crippen LogP contribution in [0.25, 0.3) is 0 Å². The summed E-state index contributed by atoms with van der Waals surface area (Å²) >= 11 is 6.00. The minimum absolute atomic E-state index is 0.0130. The van der Waals surface area contributed by atoms with E-state index in [1.54, 1.807) is 0 Å². The summed E-state index contributed by atoms with van der Waals surface area (Å²) in [5.41, 5.74) is -5.20. The SMILES string of the molecule is COc1ccc(Cl)cc1[C@]1(F)C(=O)N(COC(=O)Cc2nn[nH]n2)c2cc(C(F)(F)F)ccc21. The molecule has 0 aliphatic carbocycles. The Morgan fingerprint density at radius 3 is 2.62 bits per heavy atom. The summed E-state index contributed by atoms with van der Waals surface area (Å²) in [6, 6.07) is 5.99. The number of nitrogens with zero attached hydrogens (tertiary/aromatic N) is 4. The van der Waals surface area contributed by atoms with Crippen molar-refractivity contribution in [2.75, 3.05) is 18.7 Å². The van der Waals surface area contributed by atoms with Gasteiger partial charge in [-0.05, 0) is 30.3 Å². The summed E-state index contributed by atoms with van der Waals surface area (Å²) < 4.78 is 66.8. The van der Waals surface area contributed by atoms with Crippen LogP contribution >= 0.6 is 11.6 Å². The van der Waals surface area contributed by atoms with E-state index in [0.717, 1.165) is 12.1 Å². The van der Waals surface area contributed by atoms with Gasteiger partial charge in [-0.25, -0.2) is 4.39 Å². The number of carbonyl (C=O) groups excluding carboxylic acids is 2. The molecule has 34 heavy (non-hydrogen) atoms. The molecule has 4 rings (SSSR count). The topological polar surface area (TPSA) is 110 Å². The Hall–Kier alpha value is -3.74. The third-order valence-corrected chi connectivity index (χ3v) is 5.34. The van der Waals surface area contributed by atoms with Crippen LogP contribution in [0.4, 0.5) is 23.2 Å². The van der Waals surface area contributed by atoms with Crippen molar-refractivity contribution >= 4 is 29.2 Å². The Kier molecular flexibility index (Phi) is 5.89. The molecule has 1 atom stereocenters. The number of anilines is 1. The largest absolute Gasteiger partial charge is 0.496 e. The first kappa shape index (κ1) is 23.4. The molecular formula is C20H14ClF4N5O4. The summed E-state index contributed by atoms with van der Waals surface area (Å²) in [6.45, 7) is -0.863. The molecule has 1 aliphatic rings. The highest BCUT2D eigenvalue weighted by molar-refractivity contribution is 6.30. The fourth-order valence-electron chi connectivity index (χ4n) is 3.55. The standard InChI is InChI=1S/C20H14ClF4N5O4/c1-33-15-5-3-11(21)7-13(15)19(22)12-4-2-10(20(23,24)25)6-14(12)30(18(19)32)9-34-17(31)8-16-26-28-29-27-16/h2-7H,8-9H2,1H3,(H,26,27,28,29)/t19-/m0/s1. The third kappa shape index (κ3) is 4.02. The van der Waals surface area contributed by atoms with E-state index in [1.165, 1.54) is 19.2 Å². The molecule has 0 radical (unpaired) electrons. The number of H-pyrrole nitrogens is 1. The van der Waals surface area contributed by atoms with Crippen LogP contribution in [0.5, 0.6) is 5.75 Å². The molecule has 0 spiro atoms. The summed E-state index contributed by atoms with van der Waals surface area (Å²) in [4.78, 5) is 26.0. The smallest absolute Gasteiger partial charge is 0.416 e. The highest BCUT2D eigenvalue weighted by Gasteiger charge is 2.55. The number of tetrazole rings is 1. The van der Waals surface area contributed by atoms with Crippen molar-refractivity contribution < 1.29 is 36.6 Å². The number of alkyl halides is 4. The second-order valence-electron chi connectivity index (χ2n) is 7.12. The van der Waals surface area contributed by atoms with Crippen molar-refractivity contribution in [1.29, 1.82) is 0 Å². The third-order valence-electron chi connectivity index (χ3n) is 5.11. The normalized spacial score (nSPS) is 17.6. The first-order chi connectivity index (χ1) is 16.1. The average molecular weight is 500 g/mol. The van der Waals surface area contributed by atoms with Gasteiger partial charge < -0.3 is 9.47 Å². The van der Waals surface area contributed by atoms with E-state index >= 15 is 4.39 Å². The second-order valence-corrected chi connectivity index (χ2v) is 7.55. The first-order valence-corrected chi connectivity index (χ1v) is 9.88. The molecule has 0 bridgehead atoms. The molecule has 14 heteroatoms. The first-order valence-electron chi connectivity index (χ1n) is 9.50. The van der Waals surface area contributed by atoms with E-state index in [4.69, 9.17) is 21.1 Å². The number of hydrogen-bond acceptors (Lipinski definition) is 7. The van der Waals surface area contributed by atoms with E-state index in [2.05, 4.69) is 20.6 Å².